The summed E-state index contributed by atoms with van der Waals surface area (Å²) in [6.07, 6.45) is 1.73. The van der Waals surface area contributed by atoms with E-state index in [1.807, 2.05) is 79.7 Å². The molecule has 0 aliphatic heterocycles. The first-order valence-corrected chi connectivity index (χ1v) is 11.3. The first-order chi connectivity index (χ1) is 15.6. The van der Waals surface area contributed by atoms with Gasteiger partial charge in [0.15, 0.2) is 17.2 Å². The largest absolute Gasteiger partial charge is 0.325 e. The van der Waals surface area contributed by atoms with E-state index in [9.17, 15) is 9.59 Å². The van der Waals surface area contributed by atoms with Crippen LogP contribution in [0.3, 0.4) is 0 Å². The van der Waals surface area contributed by atoms with E-state index in [-0.39, 0.29) is 17.1 Å². The Morgan fingerprint density at radius 3 is 2.12 bits per heavy atom. The zero-order valence-corrected chi connectivity index (χ0v) is 18.1. The van der Waals surface area contributed by atoms with Gasteiger partial charge in [0, 0.05) is 28.9 Å². The molecule has 0 saturated carbocycles. The number of hydrogen-bond donors (Lipinski definition) is 0. The molecule has 5 aromatic rings. The van der Waals surface area contributed by atoms with Gasteiger partial charge in [0.25, 0.3) is 0 Å². The molecule has 2 heterocycles. The first kappa shape index (κ1) is 18.9. The molecule has 6 rings (SSSR count). The van der Waals surface area contributed by atoms with E-state index in [1.165, 1.54) is 0 Å². The lowest BCUT2D eigenvalue weighted by molar-refractivity contribution is 0.0990. The van der Waals surface area contributed by atoms with Crippen LogP contribution in [0.4, 0.5) is 0 Å². The number of carbonyl (C=O) groups is 2. The van der Waals surface area contributed by atoms with E-state index in [1.54, 1.807) is 17.4 Å². The van der Waals surface area contributed by atoms with E-state index < -0.39 is 0 Å². The molecule has 0 atom stereocenters. The van der Waals surface area contributed by atoms with E-state index in [0.717, 1.165) is 37.4 Å². The summed E-state index contributed by atoms with van der Waals surface area (Å²) in [7, 11) is 0. The van der Waals surface area contributed by atoms with Crippen LogP contribution in [-0.2, 0) is 6.54 Å². The van der Waals surface area contributed by atoms with Crippen LogP contribution in [0.2, 0.25) is 0 Å². The Labute approximate surface area is 188 Å². The van der Waals surface area contributed by atoms with Crippen molar-refractivity contribution in [1.82, 2.24) is 9.55 Å². The van der Waals surface area contributed by atoms with Crippen LogP contribution >= 0.6 is 11.3 Å². The summed E-state index contributed by atoms with van der Waals surface area (Å²) in [6.45, 7) is 2.74. The molecule has 0 bridgehead atoms. The molecule has 2 aromatic heterocycles. The second-order valence-corrected chi connectivity index (χ2v) is 8.88. The molecule has 0 spiro atoms. The van der Waals surface area contributed by atoms with Crippen molar-refractivity contribution < 1.29 is 9.59 Å². The summed E-state index contributed by atoms with van der Waals surface area (Å²) in [5.41, 5.74) is 3.99. The van der Waals surface area contributed by atoms with E-state index >= 15 is 0 Å². The number of fused-ring (bicyclic) bond motifs is 3. The quantitative estimate of drug-likeness (QED) is 0.244. The summed E-state index contributed by atoms with van der Waals surface area (Å²) < 4.78 is 3.10. The average Bonchev–Trinajstić information content (AvgIpc) is 3.45. The number of hydrogen-bond acceptors (Lipinski definition) is 4. The molecule has 1 aliphatic carbocycles. The van der Waals surface area contributed by atoms with Crippen molar-refractivity contribution in [1.29, 1.82) is 0 Å². The predicted molar refractivity (Wildman–Crippen MR) is 129 cm³/mol. The molecule has 0 fully saturated rings. The maximum atomic E-state index is 13.1. The predicted octanol–water partition coefficient (Wildman–Crippen LogP) is 6.40. The van der Waals surface area contributed by atoms with Crippen LogP contribution in [-0.4, -0.2) is 21.1 Å². The lowest BCUT2D eigenvalue weighted by Gasteiger charge is -2.03. The molecule has 32 heavy (non-hydrogen) atoms. The Kier molecular flexibility index (Phi) is 4.20. The Hall–Kier alpha value is -3.83. The number of allylic oxidation sites excluding steroid dienone is 1. The minimum Gasteiger partial charge on any atom is -0.325 e. The number of aromatic nitrogens is 2. The number of rotatable bonds is 3. The summed E-state index contributed by atoms with van der Waals surface area (Å²) in [4.78, 5) is 31.1. The third kappa shape index (κ3) is 2.78. The SMILES string of the molecule is CCn1c(C=C2C(=O)c3cc4ccccc4cc3C2=O)cc2sc(-c3ccccc3)nc21. The number of ketones is 2. The maximum absolute atomic E-state index is 13.1. The highest BCUT2D eigenvalue weighted by atomic mass is 32.1. The second kappa shape index (κ2) is 7.11. The van der Waals surface area contributed by atoms with Crippen molar-refractivity contribution in [2.75, 3.05) is 0 Å². The number of aryl methyl sites for hydroxylation is 1. The van der Waals surface area contributed by atoms with E-state index in [0.29, 0.717) is 17.7 Å². The third-order valence-corrected chi connectivity index (χ3v) is 7.02. The van der Waals surface area contributed by atoms with Gasteiger partial charge in [-0.1, -0.05) is 54.6 Å². The number of Topliss-reactive ketones (excluding diaryl/α,β-unsaturated/α-hetero) is 2. The maximum Gasteiger partial charge on any atom is 0.197 e. The summed E-state index contributed by atoms with van der Waals surface area (Å²) in [5.74, 6) is -0.415. The van der Waals surface area contributed by atoms with Gasteiger partial charge in [-0.05, 0) is 42.0 Å². The van der Waals surface area contributed by atoms with Gasteiger partial charge in [0.1, 0.15) is 5.01 Å². The Morgan fingerprint density at radius 1 is 0.875 bits per heavy atom. The molecule has 3 aromatic carbocycles. The van der Waals surface area contributed by atoms with Crippen molar-refractivity contribution in [3.8, 4) is 10.6 Å². The number of carbonyl (C=O) groups excluding carboxylic acids is 2. The number of benzene rings is 3. The molecule has 0 saturated heterocycles. The molecular formula is C27H18N2O2S. The van der Waals surface area contributed by atoms with Gasteiger partial charge < -0.3 is 4.57 Å². The van der Waals surface area contributed by atoms with Crippen LogP contribution < -0.4 is 0 Å². The molecule has 1 aliphatic rings. The minimum absolute atomic E-state index is 0.208. The van der Waals surface area contributed by atoms with Crippen molar-refractivity contribution >= 4 is 50.1 Å². The fourth-order valence-corrected chi connectivity index (χ4v) is 5.41. The van der Waals surface area contributed by atoms with Crippen molar-refractivity contribution in [3.05, 3.63) is 95.2 Å². The molecule has 154 valence electrons. The Balaban J connectivity index is 1.45. The minimum atomic E-state index is -0.208. The number of nitrogens with zero attached hydrogens (tertiary/aromatic N) is 2. The molecule has 5 heteroatoms. The van der Waals surface area contributed by atoms with Crippen LogP contribution in [0.25, 0.3) is 37.8 Å². The number of thiazole rings is 1. The van der Waals surface area contributed by atoms with Gasteiger partial charge in [0.05, 0.1) is 10.3 Å². The monoisotopic (exact) mass is 434 g/mol. The zero-order chi connectivity index (χ0) is 21.8. The van der Waals surface area contributed by atoms with Crippen LogP contribution in [0, 0.1) is 0 Å². The summed E-state index contributed by atoms with van der Waals surface area (Å²) in [6, 6.07) is 23.6. The zero-order valence-electron chi connectivity index (χ0n) is 17.3. The van der Waals surface area contributed by atoms with Crippen LogP contribution in [0.15, 0.2) is 78.4 Å². The normalized spacial score (nSPS) is 13.3. The molecular weight excluding hydrogens is 416 g/mol. The standard InChI is InChI=1S/C27H18N2O2S/c1-2-29-19(15-23-26(29)28-27(32-23)16-8-4-3-5-9-16)14-22-24(30)20-12-17-10-6-7-11-18(17)13-21(20)25(22)31/h3-15H,2H2,1H3. The van der Waals surface area contributed by atoms with Gasteiger partial charge in [-0.3, -0.25) is 9.59 Å². The fraction of sp³-hybridized carbons (Fsp3) is 0.0741. The van der Waals surface area contributed by atoms with Gasteiger partial charge in [-0.15, -0.1) is 11.3 Å². The van der Waals surface area contributed by atoms with Gasteiger partial charge in [0.2, 0.25) is 0 Å². The fourth-order valence-electron chi connectivity index (χ4n) is 4.39. The molecule has 0 radical (unpaired) electrons. The van der Waals surface area contributed by atoms with Gasteiger partial charge in [-0.25, -0.2) is 4.98 Å². The average molecular weight is 435 g/mol. The van der Waals surface area contributed by atoms with Gasteiger partial charge in [-0.2, -0.15) is 0 Å². The van der Waals surface area contributed by atoms with Crippen molar-refractivity contribution in [2.45, 2.75) is 13.5 Å². The third-order valence-electron chi connectivity index (χ3n) is 5.97. The highest BCUT2D eigenvalue weighted by molar-refractivity contribution is 7.21. The smallest absolute Gasteiger partial charge is 0.197 e. The van der Waals surface area contributed by atoms with E-state index in [2.05, 4.69) is 4.57 Å². The van der Waals surface area contributed by atoms with Crippen LogP contribution in [0.5, 0.6) is 0 Å². The van der Waals surface area contributed by atoms with Crippen molar-refractivity contribution in [3.63, 3.8) is 0 Å². The summed E-state index contributed by atoms with van der Waals surface area (Å²) >= 11 is 1.62. The topological polar surface area (TPSA) is 52.0 Å². The highest BCUT2D eigenvalue weighted by Gasteiger charge is 2.33. The van der Waals surface area contributed by atoms with Gasteiger partial charge >= 0.3 is 0 Å². The van der Waals surface area contributed by atoms with Crippen LogP contribution in [0.1, 0.15) is 33.3 Å². The summed E-state index contributed by atoms with van der Waals surface area (Å²) in [5, 5.41) is 2.89. The van der Waals surface area contributed by atoms with Crippen molar-refractivity contribution in [2.24, 2.45) is 0 Å². The molecule has 0 amide bonds. The molecule has 4 nitrogen and oxygen atoms in total. The first-order valence-electron chi connectivity index (χ1n) is 10.5. The Bertz CT molecular complexity index is 1530. The highest BCUT2D eigenvalue weighted by Crippen LogP contribution is 2.35. The Morgan fingerprint density at radius 2 is 1.50 bits per heavy atom. The second-order valence-electron chi connectivity index (χ2n) is 7.85. The van der Waals surface area contributed by atoms with E-state index in [4.69, 9.17) is 4.98 Å². The lowest BCUT2D eigenvalue weighted by Crippen LogP contribution is -2.03. The molecule has 0 N–H and O–H groups in total. The molecule has 0 unspecified atom stereocenters. The lowest BCUT2D eigenvalue weighted by atomic mass is 10.0.